The first-order chi connectivity index (χ1) is 13.8. The van der Waals surface area contributed by atoms with E-state index in [2.05, 4.69) is 34.6 Å². The van der Waals surface area contributed by atoms with Gasteiger partial charge in [0, 0.05) is 30.9 Å². The van der Waals surface area contributed by atoms with E-state index in [4.69, 9.17) is 4.74 Å². The van der Waals surface area contributed by atoms with E-state index < -0.39 is 5.60 Å². The first-order valence-corrected chi connectivity index (χ1v) is 10.3. The molecule has 0 bridgehead atoms. The third kappa shape index (κ3) is 8.51. The fourth-order valence-corrected chi connectivity index (χ4v) is 2.74. The van der Waals surface area contributed by atoms with Crippen molar-refractivity contribution in [2.24, 2.45) is 18.0 Å². The summed E-state index contributed by atoms with van der Waals surface area (Å²) in [5.41, 5.74) is 0.738. The summed E-state index contributed by atoms with van der Waals surface area (Å²) in [5, 5.41) is 21.4. The van der Waals surface area contributed by atoms with Crippen LogP contribution in [-0.4, -0.2) is 40.5 Å². The number of guanidine groups is 1. The molecular weight excluding hydrogens is 493 g/mol. The predicted molar refractivity (Wildman–Crippen MR) is 132 cm³/mol. The maximum Gasteiger partial charge on any atom is 0.191 e. The quantitative estimate of drug-likeness (QED) is 0.250. The summed E-state index contributed by atoms with van der Waals surface area (Å²) in [5.74, 6) is 2.13. The molecule has 2 rings (SSSR count). The summed E-state index contributed by atoms with van der Waals surface area (Å²) < 4.78 is 7.64. The Kier molecular flexibility index (Phi) is 11.2. The number of aryl methyl sites for hydroxylation is 1. The third-order valence-electron chi connectivity index (χ3n) is 4.60. The number of hydrogen-bond acceptors (Lipinski definition) is 4. The van der Waals surface area contributed by atoms with Crippen LogP contribution < -0.4 is 15.4 Å². The number of nitrogens with zero attached hydrogens (tertiary/aromatic N) is 3. The van der Waals surface area contributed by atoms with Crippen LogP contribution in [0, 0.1) is 5.92 Å². The summed E-state index contributed by atoms with van der Waals surface area (Å²) in [6.45, 7) is 10.4. The Morgan fingerprint density at radius 2 is 2.03 bits per heavy atom. The van der Waals surface area contributed by atoms with Gasteiger partial charge in [-0.1, -0.05) is 32.0 Å². The van der Waals surface area contributed by atoms with Crippen LogP contribution >= 0.6 is 24.0 Å². The maximum atomic E-state index is 10.8. The molecule has 30 heavy (non-hydrogen) atoms. The number of aromatic nitrogens is 2. The van der Waals surface area contributed by atoms with E-state index >= 15 is 0 Å². The number of halogens is 1. The Hall–Kier alpha value is -1.81. The Bertz CT molecular complexity index is 789. The SMILES string of the molecule is CCNC(=NCc1ccccc1OCCC(C)C)NCC(C)(O)c1cnn(C)c1.I. The fourth-order valence-electron chi connectivity index (χ4n) is 2.74. The van der Waals surface area contributed by atoms with E-state index in [-0.39, 0.29) is 24.0 Å². The molecule has 1 aromatic carbocycles. The topological polar surface area (TPSA) is 83.7 Å². The first-order valence-electron chi connectivity index (χ1n) is 10.3. The summed E-state index contributed by atoms with van der Waals surface area (Å²) in [6, 6.07) is 7.99. The highest BCUT2D eigenvalue weighted by Crippen LogP contribution is 2.20. The minimum Gasteiger partial charge on any atom is -0.493 e. The minimum absolute atomic E-state index is 0. The molecule has 168 valence electrons. The molecule has 1 aromatic heterocycles. The molecule has 7 nitrogen and oxygen atoms in total. The number of benzene rings is 1. The molecule has 0 spiro atoms. The van der Waals surface area contributed by atoms with Crippen LogP contribution in [-0.2, 0) is 19.2 Å². The lowest BCUT2D eigenvalue weighted by Crippen LogP contribution is -2.44. The molecule has 0 saturated heterocycles. The van der Waals surface area contributed by atoms with E-state index in [0.717, 1.165) is 29.8 Å². The van der Waals surface area contributed by atoms with Crippen LogP contribution in [0.2, 0.25) is 0 Å². The number of nitrogens with one attached hydrogen (secondary N) is 2. The monoisotopic (exact) mass is 529 g/mol. The summed E-state index contributed by atoms with van der Waals surface area (Å²) in [7, 11) is 1.83. The molecule has 0 amide bonds. The van der Waals surface area contributed by atoms with Crippen molar-refractivity contribution in [1.82, 2.24) is 20.4 Å². The fraction of sp³-hybridized carbons (Fsp3) is 0.545. The average molecular weight is 529 g/mol. The molecule has 0 aliphatic heterocycles. The van der Waals surface area contributed by atoms with Gasteiger partial charge in [-0.3, -0.25) is 4.68 Å². The molecule has 2 aromatic rings. The van der Waals surface area contributed by atoms with Crippen molar-refractivity contribution in [3.8, 4) is 5.75 Å². The Morgan fingerprint density at radius 3 is 2.67 bits per heavy atom. The molecule has 1 atom stereocenters. The van der Waals surface area contributed by atoms with E-state index in [9.17, 15) is 5.11 Å². The largest absolute Gasteiger partial charge is 0.493 e. The van der Waals surface area contributed by atoms with Crippen molar-refractivity contribution < 1.29 is 9.84 Å². The second-order valence-electron chi connectivity index (χ2n) is 7.86. The molecule has 8 heteroatoms. The van der Waals surface area contributed by atoms with Gasteiger partial charge in [-0.2, -0.15) is 5.10 Å². The van der Waals surface area contributed by atoms with Crippen molar-refractivity contribution in [3.05, 3.63) is 47.8 Å². The van der Waals surface area contributed by atoms with Crippen molar-refractivity contribution in [2.45, 2.75) is 46.3 Å². The number of rotatable bonds is 10. The zero-order valence-corrected chi connectivity index (χ0v) is 21.0. The van der Waals surface area contributed by atoms with E-state index in [0.29, 0.717) is 31.6 Å². The molecule has 0 fully saturated rings. The normalized spacial score (nSPS) is 13.5. The van der Waals surface area contributed by atoms with Crippen LogP contribution in [0.25, 0.3) is 0 Å². The number of ether oxygens (including phenoxy) is 1. The minimum atomic E-state index is -1.05. The molecular formula is C22H36IN5O2. The van der Waals surface area contributed by atoms with Crippen molar-refractivity contribution in [1.29, 1.82) is 0 Å². The second-order valence-corrected chi connectivity index (χ2v) is 7.86. The first kappa shape index (κ1) is 26.2. The van der Waals surface area contributed by atoms with Crippen LogP contribution in [0.5, 0.6) is 5.75 Å². The van der Waals surface area contributed by atoms with Gasteiger partial charge < -0.3 is 20.5 Å². The van der Waals surface area contributed by atoms with Crippen LogP contribution in [0.3, 0.4) is 0 Å². The van der Waals surface area contributed by atoms with E-state index in [1.807, 2.05) is 44.4 Å². The van der Waals surface area contributed by atoms with Gasteiger partial charge in [0.05, 0.1) is 25.9 Å². The van der Waals surface area contributed by atoms with Gasteiger partial charge in [0.25, 0.3) is 0 Å². The van der Waals surface area contributed by atoms with Crippen molar-refractivity contribution >= 4 is 29.9 Å². The second kappa shape index (κ2) is 12.8. The van der Waals surface area contributed by atoms with E-state index in [1.165, 1.54) is 0 Å². The van der Waals surface area contributed by atoms with Gasteiger partial charge >= 0.3 is 0 Å². The van der Waals surface area contributed by atoms with Gasteiger partial charge in [0.2, 0.25) is 0 Å². The molecule has 1 unspecified atom stereocenters. The van der Waals surface area contributed by atoms with Gasteiger partial charge in [0.15, 0.2) is 5.96 Å². The maximum absolute atomic E-state index is 10.8. The van der Waals surface area contributed by atoms with Gasteiger partial charge in [-0.15, -0.1) is 24.0 Å². The van der Waals surface area contributed by atoms with E-state index in [1.54, 1.807) is 17.8 Å². The lowest BCUT2D eigenvalue weighted by molar-refractivity contribution is 0.0616. The molecule has 3 N–H and O–H groups in total. The summed E-state index contributed by atoms with van der Waals surface area (Å²) in [6.07, 6.45) is 4.51. The molecule has 0 aliphatic rings. The van der Waals surface area contributed by atoms with Gasteiger partial charge in [-0.25, -0.2) is 4.99 Å². The van der Waals surface area contributed by atoms with Crippen LogP contribution in [0.1, 0.15) is 45.2 Å². The number of hydrogen-bond donors (Lipinski definition) is 3. The highest BCUT2D eigenvalue weighted by molar-refractivity contribution is 14.0. The number of para-hydroxylation sites is 1. The molecule has 0 saturated carbocycles. The third-order valence-corrected chi connectivity index (χ3v) is 4.60. The highest BCUT2D eigenvalue weighted by atomic mass is 127. The molecule has 1 heterocycles. The zero-order chi connectivity index (χ0) is 21.3. The Labute approximate surface area is 197 Å². The lowest BCUT2D eigenvalue weighted by atomic mass is 10.00. The average Bonchev–Trinajstić information content (AvgIpc) is 3.12. The molecule has 0 aliphatic carbocycles. The summed E-state index contributed by atoms with van der Waals surface area (Å²) in [4.78, 5) is 4.67. The smallest absolute Gasteiger partial charge is 0.191 e. The zero-order valence-electron chi connectivity index (χ0n) is 18.7. The van der Waals surface area contributed by atoms with Gasteiger partial charge in [-0.05, 0) is 32.3 Å². The predicted octanol–water partition coefficient (Wildman–Crippen LogP) is 3.43. The number of aliphatic hydroxyl groups is 1. The van der Waals surface area contributed by atoms with Gasteiger partial charge in [0.1, 0.15) is 11.4 Å². The van der Waals surface area contributed by atoms with Crippen molar-refractivity contribution in [2.75, 3.05) is 19.7 Å². The lowest BCUT2D eigenvalue weighted by Gasteiger charge is -2.23. The number of aliphatic imine (C=N–C) groups is 1. The van der Waals surface area contributed by atoms with Crippen LogP contribution in [0.15, 0.2) is 41.7 Å². The Morgan fingerprint density at radius 1 is 1.30 bits per heavy atom. The Balaban J connectivity index is 0.00000450. The summed E-state index contributed by atoms with van der Waals surface area (Å²) >= 11 is 0. The standard InChI is InChI=1S/C22H35N5O2.HI/c1-6-23-21(25-16-22(4,28)19-14-26-27(5)15-19)24-13-18-9-7-8-10-20(18)29-12-11-17(2)3;/h7-10,14-15,17,28H,6,11-13,16H2,1-5H3,(H2,23,24,25);1H. The highest BCUT2D eigenvalue weighted by Gasteiger charge is 2.25. The van der Waals surface area contributed by atoms with Crippen LogP contribution in [0.4, 0.5) is 0 Å². The van der Waals surface area contributed by atoms with Crippen molar-refractivity contribution in [3.63, 3.8) is 0 Å². The molecule has 0 radical (unpaired) electrons.